The van der Waals surface area contributed by atoms with Gasteiger partial charge in [-0.15, -0.1) is 0 Å². The van der Waals surface area contributed by atoms with E-state index >= 15 is 0 Å². The molecule has 2 heterocycles. The van der Waals surface area contributed by atoms with E-state index in [-0.39, 0.29) is 6.04 Å². The Morgan fingerprint density at radius 2 is 2.05 bits per heavy atom. The minimum atomic E-state index is 0.137. The van der Waals surface area contributed by atoms with Gasteiger partial charge in [0, 0.05) is 28.8 Å². The molecule has 4 heteroatoms. The predicted molar refractivity (Wildman–Crippen MR) is 81.0 cm³/mol. The van der Waals surface area contributed by atoms with Crippen LogP contribution in [0.3, 0.4) is 0 Å². The molecule has 0 bridgehead atoms. The molecule has 0 saturated carbocycles. The average molecular weight is 320 g/mol. The Morgan fingerprint density at radius 1 is 1.21 bits per heavy atom. The van der Waals surface area contributed by atoms with Crippen LogP contribution in [0.25, 0.3) is 0 Å². The first-order chi connectivity index (χ1) is 9.20. The van der Waals surface area contributed by atoms with Crippen LogP contribution in [0, 0.1) is 6.92 Å². The Balaban J connectivity index is 2.32. The molecule has 2 aromatic heterocycles. The number of aromatic nitrogens is 2. The van der Waals surface area contributed by atoms with Crippen LogP contribution < -0.4 is 5.32 Å². The summed E-state index contributed by atoms with van der Waals surface area (Å²) in [5.41, 5.74) is 3.35. The van der Waals surface area contributed by atoms with Gasteiger partial charge in [-0.2, -0.15) is 0 Å². The van der Waals surface area contributed by atoms with Crippen LogP contribution in [-0.2, 0) is 0 Å². The summed E-state index contributed by atoms with van der Waals surface area (Å²) in [7, 11) is 0. The van der Waals surface area contributed by atoms with E-state index in [2.05, 4.69) is 50.3 Å². The van der Waals surface area contributed by atoms with Crippen molar-refractivity contribution in [2.75, 3.05) is 6.54 Å². The van der Waals surface area contributed by atoms with Crippen LogP contribution in [-0.4, -0.2) is 16.5 Å². The topological polar surface area (TPSA) is 37.8 Å². The largest absolute Gasteiger partial charge is 0.306 e. The van der Waals surface area contributed by atoms with Gasteiger partial charge in [-0.3, -0.25) is 9.97 Å². The molecule has 19 heavy (non-hydrogen) atoms. The molecular formula is C15H18BrN3. The number of halogens is 1. The first-order valence-corrected chi connectivity index (χ1v) is 7.26. The normalized spacial score (nSPS) is 12.4. The Hall–Kier alpha value is -1.26. The number of nitrogens with one attached hydrogen (secondary N) is 1. The molecule has 0 aliphatic rings. The van der Waals surface area contributed by atoms with Crippen molar-refractivity contribution in [2.24, 2.45) is 0 Å². The van der Waals surface area contributed by atoms with Gasteiger partial charge < -0.3 is 5.32 Å². The quantitative estimate of drug-likeness (QED) is 0.914. The fraction of sp³-hybridized carbons (Fsp3) is 0.333. The lowest BCUT2D eigenvalue weighted by Gasteiger charge is -2.19. The third-order valence-corrected chi connectivity index (χ3v) is 3.36. The molecule has 0 spiro atoms. The summed E-state index contributed by atoms with van der Waals surface area (Å²) in [5, 5.41) is 3.55. The van der Waals surface area contributed by atoms with Gasteiger partial charge in [0.1, 0.15) is 0 Å². The molecule has 1 unspecified atom stereocenters. The molecule has 2 aromatic rings. The van der Waals surface area contributed by atoms with Gasteiger partial charge in [-0.1, -0.05) is 13.0 Å². The van der Waals surface area contributed by atoms with E-state index in [1.165, 1.54) is 5.56 Å². The van der Waals surface area contributed by atoms with Crippen molar-refractivity contribution in [2.45, 2.75) is 26.3 Å². The molecule has 100 valence electrons. The van der Waals surface area contributed by atoms with Gasteiger partial charge >= 0.3 is 0 Å². The maximum atomic E-state index is 4.38. The third-order valence-electron chi connectivity index (χ3n) is 2.93. The zero-order chi connectivity index (χ0) is 13.7. The van der Waals surface area contributed by atoms with Crippen molar-refractivity contribution >= 4 is 15.9 Å². The van der Waals surface area contributed by atoms with Gasteiger partial charge in [-0.25, -0.2) is 0 Å². The van der Waals surface area contributed by atoms with Crippen molar-refractivity contribution in [1.29, 1.82) is 0 Å². The van der Waals surface area contributed by atoms with Gasteiger partial charge in [0.2, 0.25) is 0 Å². The third kappa shape index (κ3) is 3.85. The summed E-state index contributed by atoms with van der Waals surface area (Å²) < 4.78 is 0.994. The minimum Gasteiger partial charge on any atom is -0.306 e. The Kier molecular flexibility index (Phi) is 5.05. The van der Waals surface area contributed by atoms with Gasteiger partial charge in [0.25, 0.3) is 0 Å². The highest BCUT2D eigenvalue weighted by atomic mass is 79.9. The number of aryl methyl sites for hydroxylation is 1. The first kappa shape index (κ1) is 14.2. The second-order valence-corrected chi connectivity index (χ2v) is 5.47. The smallest absolute Gasteiger partial charge is 0.0607 e. The van der Waals surface area contributed by atoms with E-state index in [0.717, 1.165) is 28.7 Å². The maximum Gasteiger partial charge on any atom is 0.0607 e. The molecule has 0 fully saturated rings. The van der Waals surface area contributed by atoms with E-state index in [0.29, 0.717) is 0 Å². The van der Waals surface area contributed by atoms with Gasteiger partial charge in [0.15, 0.2) is 0 Å². The molecule has 0 radical (unpaired) electrons. The van der Waals surface area contributed by atoms with Crippen molar-refractivity contribution in [3.05, 3.63) is 58.1 Å². The fourth-order valence-corrected chi connectivity index (χ4v) is 2.34. The molecule has 0 amide bonds. The number of pyridine rings is 2. The maximum absolute atomic E-state index is 4.38. The number of rotatable bonds is 5. The average Bonchev–Trinajstić information content (AvgIpc) is 2.41. The van der Waals surface area contributed by atoms with E-state index in [1.54, 1.807) is 6.20 Å². The van der Waals surface area contributed by atoms with Gasteiger partial charge in [0.05, 0.1) is 6.04 Å². The predicted octanol–water partition coefficient (Wildman–Crippen LogP) is 3.64. The van der Waals surface area contributed by atoms with Crippen LogP contribution >= 0.6 is 15.9 Å². The summed E-state index contributed by atoms with van der Waals surface area (Å²) >= 11 is 3.48. The second-order valence-electron chi connectivity index (χ2n) is 4.56. The monoisotopic (exact) mass is 319 g/mol. The van der Waals surface area contributed by atoms with Crippen LogP contribution in [0.1, 0.15) is 36.2 Å². The number of hydrogen-bond acceptors (Lipinski definition) is 3. The molecule has 3 nitrogen and oxygen atoms in total. The minimum absolute atomic E-state index is 0.137. The summed E-state index contributed by atoms with van der Waals surface area (Å²) in [5.74, 6) is 0. The molecule has 2 rings (SSSR count). The lowest BCUT2D eigenvalue weighted by molar-refractivity contribution is 0.595. The number of hydrogen-bond donors (Lipinski definition) is 1. The van der Waals surface area contributed by atoms with E-state index in [9.17, 15) is 0 Å². The number of nitrogens with zero attached hydrogens (tertiary/aromatic N) is 2. The lowest BCUT2D eigenvalue weighted by Crippen LogP contribution is -2.23. The second kappa shape index (κ2) is 6.78. The lowest BCUT2D eigenvalue weighted by atomic mass is 10.0. The summed E-state index contributed by atoms with van der Waals surface area (Å²) in [6, 6.07) is 6.40. The molecular weight excluding hydrogens is 302 g/mol. The molecule has 0 aliphatic carbocycles. The fourth-order valence-electron chi connectivity index (χ4n) is 1.95. The molecule has 0 aliphatic heterocycles. The zero-order valence-corrected chi connectivity index (χ0v) is 12.8. The van der Waals surface area contributed by atoms with Crippen molar-refractivity contribution < 1.29 is 0 Å². The SMILES string of the molecule is CCCNC(c1ccc(C)nc1)c1cncc(Br)c1. The van der Waals surface area contributed by atoms with Crippen molar-refractivity contribution in [1.82, 2.24) is 15.3 Å². The highest BCUT2D eigenvalue weighted by Gasteiger charge is 2.14. The molecule has 1 atom stereocenters. The van der Waals surface area contributed by atoms with Gasteiger partial charge in [-0.05, 0) is 59.1 Å². The first-order valence-electron chi connectivity index (χ1n) is 6.47. The van der Waals surface area contributed by atoms with Crippen LogP contribution in [0.5, 0.6) is 0 Å². The zero-order valence-electron chi connectivity index (χ0n) is 11.2. The Labute approximate surface area is 122 Å². The molecule has 0 saturated heterocycles. The standard InChI is InChI=1S/C15H18BrN3/c1-3-6-18-15(12-5-4-11(2)19-9-12)13-7-14(16)10-17-8-13/h4-5,7-10,15,18H,3,6H2,1-2H3. The van der Waals surface area contributed by atoms with Crippen LogP contribution in [0.2, 0.25) is 0 Å². The molecule has 0 aromatic carbocycles. The van der Waals surface area contributed by atoms with Crippen molar-refractivity contribution in [3.63, 3.8) is 0 Å². The van der Waals surface area contributed by atoms with E-state index in [1.807, 2.05) is 25.4 Å². The van der Waals surface area contributed by atoms with E-state index < -0.39 is 0 Å². The Bertz CT molecular complexity index is 525. The Morgan fingerprint density at radius 3 is 2.68 bits per heavy atom. The summed E-state index contributed by atoms with van der Waals surface area (Å²) in [6.45, 7) is 5.13. The highest BCUT2D eigenvalue weighted by molar-refractivity contribution is 9.10. The van der Waals surface area contributed by atoms with Crippen LogP contribution in [0.4, 0.5) is 0 Å². The summed E-state index contributed by atoms with van der Waals surface area (Å²) in [6.07, 6.45) is 6.73. The highest BCUT2D eigenvalue weighted by Crippen LogP contribution is 2.23. The van der Waals surface area contributed by atoms with Crippen LogP contribution in [0.15, 0.2) is 41.3 Å². The summed E-state index contributed by atoms with van der Waals surface area (Å²) in [4.78, 5) is 8.63. The van der Waals surface area contributed by atoms with Crippen molar-refractivity contribution in [3.8, 4) is 0 Å². The molecule has 1 N–H and O–H groups in total. The van der Waals surface area contributed by atoms with E-state index in [4.69, 9.17) is 0 Å².